The van der Waals surface area contributed by atoms with E-state index < -0.39 is 5.79 Å². The van der Waals surface area contributed by atoms with Crippen molar-refractivity contribution in [3.8, 4) is 6.07 Å². The van der Waals surface area contributed by atoms with Crippen LogP contribution in [-0.4, -0.2) is 24.4 Å². The standard InChI is InChI=1S/C11H12N2O2S/c12-6-8-7-1-2-11(14-3-4-15-11)5-9(7)16-10(8)13/h5,10H,1-4,13H2. The molecule has 1 atom stereocenters. The lowest BCUT2D eigenvalue weighted by Crippen LogP contribution is -2.30. The summed E-state index contributed by atoms with van der Waals surface area (Å²) in [6.07, 6.45) is 3.59. The third-order valence-corrected chi connectivity index (χ3v) is 4.24. The van der Waals surface area contributed by atoms with Crippen molar-refractivity contribution in [3.63, 3.8) is 0 Å². The van der Waals surface area contributed by atoms with E-state index in [1.165, 1.54) is 11.8 Å². The van der Waals surface area contributed by atoms with E-state index >= 15 is 0 Å². The number of nitrogens with zero attached hydrogens (tertiary/aromatic N) is 1. The molecule has 84 valence electrons. The molecule has 2 N–H and O–H groups in total. The largest absolute Gasteiger partial charge is 0.344 e. The van der Waals surface area contributed by atoms with Gasteiger partial charge in [0.25, 0.3) is 0 Å². The van der Waals surface area contributed by atoms with Crippen molar-refractivity contribution in [1.82, 2.24) is 0 Å². The van der Waals surface area contributed by atoms with Gasteiger partial charge in [-0.3, -0.25) is 0 Å². The number of fused-ring (bicyclic) bond motifs is 1. The Morgan fingerprint density at radius 1 is 1.50 bits per heavy atom. The number of allylic oxidation sites excluding steroid dienone is 1. The Balaban J connectivity index is 1.99. The van der Waals surface area contributed by atoms with Crippen LogP contribution in [0.15, 0.2) is 22.1 Å². The van der Waals surface area contributed by atoms with Gasteiger partial charge in [-0.25, -0.2) is 0 Å². The summed E-state index contributed by atoms with van der Waals surface area (Å²) in [6, 6.07) is 2.20. The lowest BCUT2D eigenvalue weighted by Gasteiger charge is -2.28. The molecule has 1 spiro atoms. The third kappa shape index (κ3) is 1.42. The summed E-state index contributed by atoms with van der Waals surface area (Å²) in [5.74, 6) is -0.545. The van der Waals surface area contributed by atoms with Gasteiger partial charge in [0.15, 0.2) is 5.79 Å². The average Bonchev–Trinajstić information content (AvgIpc) is 2.82. The maximum absolute atomic E-state index is 9.04. The van der Waals surface area contributed by atoms with Crippen molar-refractivity contribution in [2.45, 2.75) is 24.0 Å². The molecule has 1 unspecified atom stereocenters. The minimum Gasteiger partial charge on any atom is -0.344 e. The minimum atomic E-state index is -0.545. The Labute approximate surface area is 98.1 Å². The van der Waals surface area contributed by atoms with Gasteiger partial charge >= 0.3 is 0 Å². The summed E-state index contributed by atoms with van der Waals surface area (Å²) >= 11 is 1.53. The number of hydrogen-bond donors (Lipinski definition) is 1. The second kappa shape index (κ2) is 3.60. The Hall–Kier alpha value is -0.800. The summed E-state index contributed by atoms with van der Waals surface area (Å²) in [5.41, 5.74) is 7.70. The number of rotatable bonds is 0. The van der Waals surface area contributed by atoms with Crippen LogP contribution in [-0.2, 0) is 9.47 Å². The maximum Gasteiger partial charge on any atom is 0.189 e. The molecule has 0 radical (unpaired) electrons. The fourth-order valence-corrected chi connectivity index (χ4v) is 3.54. The average molecular weight is 236 g/mol. The van der Waals surface area contributed by atoms with E-state index in [1.54, 1.807) is 0 Å². The van der Waals surface area contributed by atoms with Crippen LogP contribution in [0.2, 0.25) is 0 Å². The highest BCUT2D eigenvalue weighted by molar-refractivity contribution is 8.04. The van der Waals surface area contributed by atoms with Crippen LogP contribution in [0.3, 0.4) is 0 Å². The number of ether oxygens (including phenoxy) is 2. The molecule has 1 aliphatic carbocycles. The van der Waals surface area contributed by atoms with E-state index in [0.29, 0.717) is 18.8 Å². The Morgan fingerprint density at radius 3 is 2.94 bits per heavy atom. The summed E-state index contributed by atoms with van der Waals surface area (Å²) in [4.78, 5) is 1.07. The molecule has 2 heterocycles. The van der Waals surface area contributed by atoms with Gasteiger partial charge in [0.1, 0.15) is 0 Å². The van der Waals surface area contributed by atoms with Gasteiger partial charge in [-0.05, 0) is 18.1 Å². The quantitative estimate of drug-likeness (QED) is 0.685. The van der Waals surface area contributed by atoms with E-state index in [2.05, 4.69) is 6.07 Å². The van der Waals surface area contributed by atoms with E-state index in [1.807, 2.05) is 6.08 Å². The lowest BCUT2D eigenvalue weighted by atomic mass is 9.93. The Kier molecular flexibility index (Phi) is 2.33. The molecular formula is C11H12N2O2S. The molecule has 2 aliphatic heterocycles. The first-order valence-corrected chi connectivity index (χ1v) is 6.19. The van der Waals surface area contributed by atoms with E-state index in [9.17, 15) is 0 Å². The summed E-state index contributed by atoms with van der Waals surface area (Å²) in [7, 11) is 0. The predicted octanol–water partition coefficient (Wildman–Crippen LogP) is 1.26. The Morgan fingerprint density at radius 2 is 2.25 bits per heavy atom. The molecule has 0 amide bonds. The highest BCUT2D eigenvalue weighted by atomic mass is 32.2. The SMILES string of the molecule is N#CC1=C2CCC3(C=C2SC1N)OCCO3. The van der Waals surface area contributed by atoms with E-state index in [0.717, 1.165) is 23.3 Å². The zero-order valence-electron chi connectivity index (χ0n) is 8.73. The fourth-order valence-electron chi connectivity index (χ4n) is 2.35. The second-order valence-corrected chi connectivity index (χ2v) is 5.24. The normalized spacial score (nSPS) is 31.5. The van der Waals surface area contributed by atoms with E-state index in [4.69, 9.17) is 20.5 Å². The van der Waals surface area contributed by atoms with Crippen molar-refractivity contribution in [2.75, 3.05) is 13.2 Å². The van der Waals surface area contributed by atoms with Crippen LogP contribution >= 0.6 is 11.8 Å². The molecule has 0 bridgehead atoms. The maximum atomic E-state index is 9.04. The molecule has 0 aromatic carbocycles. The molecule has 4 nitrogen and oxygen atoms in total. The molecule has 1 fully saturated rings. The smallest absolute Gasteiger partial charge is 0.189 e. The van der Waals surface area contributed by atoms with Crippen molar-refractivity contribution in [2.24, 2.45) is 5.73 Å². The molecule has 16 heavy (non-hydrogen) atoms. The van der Waals surface area contributed by atoms with Gasteiger partial charge in [0.05, 0.1) is 30.2 Å². The highest BCUT2D eigenvalue weighted by Crippen LogP contribution is 2.48. The predicted molar refractivity (Wildman–Crippen MR) is 60.2 cm³/mol. The van der Waals surface area contributed by atoms with Crippen molar-refractivity contribution in [3.05, 3.63) is 22.1 Å². The number of hydrogen-bond acceptors (Lipinski definition) is 5. The van der Waals surface area contributed by atoms with Crippen LogP contribution in [0.25, 0.3) is 0 Å². The first kappa shape index (κ1) is 10.4. The highest BCUT2D eigenvalue weighted by Gasteiger charge is 2.41. The molecule has 0 saturated carbocycles. The third-order valence-electron chi connectivity index (χ3n) is 3.13. The fraction of sp³-hybridized carbons (Fsp3) is 0.545. The first-order chi connectivity index (χ1) is 7.74. The summed E-state index contributed by atoms with van der Waals surface area (Å²) < 4.78 is 11.3. The van der Waals surface area contributed by atoms with Crippen molar-refractivity contribution < 1.29 is 9.47 Å². The molecule has 0 aromatic heterocycles. The molecule has 5 heteroatoms. The Bertz CT molecular complexity index is 430. The van der Waals surface area contributed by atoms with Crippen molar-refractivity contribution >= 4 is 11.8 Å². The lowest BCUT2D eigenvalue weighted by molar-refractivity contribution is -0.122. The van der Waals surface area contributed by atoms with Gasteiger partial charge in [-0.1, -0.05) is 0 Å². The van der Waals surface area contributed by atoms with Crippen LogP contribution < -0.4 is 5.73 Å². The zero-order valence-corrected chi connectivity index (χ0v) is 9.55. The number of thioether (sulfide) groups is 1. The first-order valence-electron chi connectivity index (χ1n) is 5.31. The van der Waals surface area contributed by atoms with Crippen LogP contribution in [0, 0.1) is 11.3 Å². The van der Waals surface area contributed by atoms with Gasteiger partial charge in [-0.2, -0.15) is 5.26 Å². The molecule has 3 aliphatic rings. The zero-order chi connectivity index (χ0) is 11.2. The van der Waals surface area contributed by atoms with E-state index in [-0.39, 0.29) is 5.37 Å². The molecule has 3 rings (SSSR count). The molecule has 1 saturated heterocycles. The second-order valence-electron chi connectivity index (χ2n) is 4.06. The topological polar surface area (TPSA) is 68.3 Å². The van der Waals surface area contributed by atoms with Crippen LogP contribution in [0.1, 0.15) is 12.8 Å². The minimum absolute atomic E-state index is 0.220. The summed E-state index contributed by atoms with van der Waals surface area (Å²) in [6.45, 7) is 1.29. The van der Waals surface area contributed by atoms with Gasteiger partial charge in [0, 0.05) is 11.3 Å². The van der Waals surface area contributed by atoms with Crippen LogP contribution in [0.5, 0.6) is 0 Å². The molecule has 0 aromatic rings. The van der Waals surface area contributed by atoms with Gasteiger partial charge in [-0.15, -0.1) is 11.8 Å². The van der Waals surface area contributed by atoms with Gasteiger partial charge < -0.3 is 15.2 Å². The van der Waals surface area contributed by atoms with Crippen molar-refractivity contribution in [1.29, 1.82) is 5.26 Å². The van der Waals surface area contributed by atoms with Gasteiger partial charge in [0.2, 0.25) is 0 Å². The number of nitrogens with two attached hydrogens (primary N) is 1. The number of nitriles is 1. The molecular weight excluding hydrogens is 224 g/mol. The monoisotopic (exact) mass is 236 g/mol. The van der Waals surface area contributed by atoms with Crippen LogP contribution in [0.4, 0.5) is 0 Å². The summed E-state index contributed by atoms with van der Waals surface area (Å²) in [5, 5.41) is 8.82.